The van der Waals surface area contributed by atoms with Gasteiger partial charge in [0.1, 0.15) is 0 Å². The van der Waals surface area contributed by atoms with Gasteiger partial charge in [0.05, 0.1) is 0 Å². The molecule has 1 aliphatic heterocycles. The van der Waals surface area contributed by atoms with Gasteiger partial charge in [0.2, 0.25) is 0 Å². The van der Waals surface area contributed by atoms with Crippen LogP contribution >= 0.6 is 27.3 Å². The molecule has 0 spiro atoms. The maximum atomic E-state index is 3.59. The third-order valence-electron chi connectivity index (χ3n) is 2.93. The van der Waals surface area contributed by atoms with Crippen LogP contribution in [0.15, 0.2) is 15.9 Å². The molecule has 2 rings (SSSR count). The average molecular weight is 274 g/mol. The minimum absolute atomic E-state index is 0.929. The van der Waals surface area contributed by atoms with E-state index in [1.54, 1.807) is 0 Å². The molecule has 3 heteroatoms. The van der Waals surface area contributed by atoms with Crippen LogP contribution in [0.4, 0.5) is 0 Å². The molecule has 0 aliphatic carbocycles. The molecule has 1 fully saturated rings. The van der Waals surface area contributed by atoms with Gasteiger partial charge in [0.25, 0.3) is 0 Å². The molecule has 0 amide bonds. The van der Waals surface area contributed by atoms with Crippen LogP contribution in [-0.2, 0) is 6.54 Å². The lowest BCUT2D eigenvalue weighted by Gasteiger charge is -2.29. The quantitative estimate of drug-likeness (QED) is 0.794. The Bertz CT molecular complexity index is 289. The van der Waals surface area contributed by atoms with Gasteiger partial charge in [-0.05, 0) is 59.2 Å². The van der Waals surface area contributed by atoms with E-state index in [4.69, 9.17) is 0 Å². The Balaban J connectivity index is 1.89. The molecule has 78 valence electrons. The molecule has 0 N–H and O–H groups in total. The second-order valence-electron chi connectivity index (χ2n) is 4.15. The number of likely N-dealkylation sites (tertiary alicyclic amines) is 1. The van der Waals surface area contributed by atoms with Gasteiger partial charge in [-0.2, -0.15) is 0 Å². The van der Waals surface area contributed by atoms with E-state index in [-0.39, 0.29) is 0 Å². The van der Waals surface area contributed by atoms with Crippen molar-refractivity contribution in [2.24, 2.45) is 5.92 Å². The van der Waals surface area contributed by atoms with Crippen LogP contribution in [0.3, 0.4) is 0 Å². The smallest absolute Gasteiger partial charge is 0.0339 e. The van der Waals surface area contributed by atoms with E-state index >= 15 is 0 Å². The Morgan fingerprint density at radius 3 is 2.79 bits per heavy atom. The standard InChI is InChI=1S/C11H16BrNS/c1-9-2-5-13(6-3-9)8-11-10(12)4-7-14-11/h4,7,9H,2-3,5-6,8H2,1H3. The van der Waals surface area contributed by atoms with Crippen LogP contribution in [0, 0.1) is 5.92 Å². The first-order valence-electron chi connectivity index (χ1n) is 5.20. The van der Waals surface area contributed by atoms with Crippen molar-refractivity contribution in [1.29, 1.82) is 0 Å². The summed E-state index contributed by atoms with van der Waals surface area (Å²) in [7, 11) is 0. The van der Waals surface area contributed by atoms with E-state index < -0.39 is 0 Å². The Morgan fingerprint density at radius 1 is 1.50 bits per heavy atom. The first kappa shape index (κ1) is 10.7. The first-order chi connectivity index (χ1) is 6.75. The molecule has 1 aromatic heterocycles. The maximum absolute atomic E-state index is 3.59. The van der Waals surface area contributed by atoms with Gasteiger partial charge >= 0.3 is 0 Å². The Morgan fingerprint density at radius 2 is 2.21 bits per heavy atom. The van der Waals surface area contributed by atoms with Gasteiger partial charge in [-0.3, -0.25) is 4.90 Å². The molecular formula is C11H16BrNS. The Labute approximate surface area is 98.2 Å². The fourth-order valence-corrected chi connectivity index (χ4v) is 3.38. The van der Waals surface area contributed by atoms with Gasteiger partial charge in [-0.1, -0.05) is 6.92 Å². The van der Waals surface area contributed by atoms with Crippen molar-refractivity contribution in [3.8, 4) is 0 Å². The van der Waals surface area contributed by atoms with Crippen molar-refractivity contribution in [2.75, 3.05) is 13.1 Å². The van der Waals surface area contributed by atoms with Gasteiger partial charge in [0.15, 0.2) is 0 Å². The Hall–Kier alpha value is 0.140. The van der Waals surface area contributed by atoms with E-state index in [2.05, 4.69) is 39.2 Å². The predicted molar refractivity (Wildman–Crippen MR) is 65.7 cm³/mol. The van der Waals surface area contributed by atoms with Crippen LogP contribution in [0.1, 0.15) is 24.6 Å². The molecule has 2 heterocycles. The molecule has 1 nitrogen and oxygen atoms in total. The summed E-state index contributed by atoms with van der Waals surface area (Å²) in [4.78, 5) is 4.04. The zero-order valence-electron chi connectivity index (χ0n) is 8.50. The summed E-state index contributed by atoms with van der Waals surface area (Å²) in [6.45, 7) is 6.03. The van der Waals surface area contributed by atoms with Crippen molar-refractivity contribution in [3.05, 3.63) is 20.8 Å². The van der Waals surface area contributed by atoms with Crippen LogP contribution in [0.2, 0.25) is 0 Å². The van der Waals surface area contributed by atoms with Crippen molar-refractivity contribution in [1.82, 2.24) is 4.90 Å². The van der Waals surface area contributed by atoms with Crippen LogP contribution in [-0.4, -0.2) is 18.0 Å². The lowest BCUT2D eigenvalue weighted by molar-refractivity contribution is 0.186. The molecule has 0 aromatic carbocycles. The molecule has 0 radical (unpaired) electrons. The fourth-order valence-electron chi connectivity index (χ4n) is 1.86. The molecule has 0 bridgehead atoms. The zero-order chi connectivity index (χ0) is 9.97. The van der Waals surface area contributed by atoms with E-state index in [0.717, 1.165) is 12.5 Å². The number of halogens is 1. The van der Waals surface area contributed by atoms with E-state index in [1.807, 2.05) is 11.3 Å². The largest absolute Gasteiger partial charge is 0.298 e. The van der Waals surface area contributed by atoms with E-state index in [1.165, 1.54) is 35.3 Å². The van der Waals surface area contributed by atoms with Crippen LogP contribution in [0.5, 0.6) is 0 Å². The van der Waals surface area contributed by atoms with Gasteiger partial charge < -0.3 is 0 Å². The van der Waals surface area contributed by atoms with Crippen LogP contribution in [0.25, 0.3) is 0 Å². The number of piperidine rings is 1. The first-order valence-corrected chi connectivity index (χ1v) is 6.87. The van der Waals surface area contributed by atoms with Crippen LogP contribution < -0.4 is 0 Å². The minimum Gasteiger partial charge on any atom is -0.298 e. The average Bonchev–Trinajstić information content (AvgIpc) is 2.56. The van der Waals surface area contributed by atoms with Crippen molar-refractivity contribution >= 4 is 27.3 Å². The second kappa shape index (κ2) is 4.77. The number of hydrogen-bond acceptors (Lipinski definition) is 2. The lowest BCUT2D eigenvalue weighted by Crippen LogP contribution is -2.32. The highest BCUT2D eigenvalue weighted by Gasteiger charge is 2.16. The molecule has 0 saturated carbocycles. The summed E-state index contributed by atoms with van der Waals surface area (Å²) >= 11 is 5.44. The van der Waals surface area contributed by atoms with Gasteiger partial charge in [0, 0.05) is 15.9 Å². The third kappa shape index (κ3) is 2.59. The Kier molecular flexibility index (Phi) is 3.63. The maximum Gasteiger partial charge on any atom is 0.0339 e. The highest BCUT2D eigenvalue weighted by molar-refractivity contribution is 9.10. The number of hydrogen-bond donors (Lipinski definition) is 0. The summed E-state index contributed by atoms with van der Waals surface area (Å²) < 4.78 is 1.28. The highest BCUT2D eigenvalue weighted by atomic mass is 79.9. The SMILES string of the molecule is CC1CCN(Cc2sccc2Br)CC1. The third-order valence-corrected chi connectivity index (χ3v) is 4.85. The number of thiophene rings is 1. The fraction of sp³-hybridized carbons (Fsp3) is 0.636. The van der Waals surface area contributed by atoms with E-state index in [9.17, 15) is 0 Å². The molecule has 1 aliphatic rings. The zero-order valence-corrected chi connectivity index (χ0v) is 10.9. The molecular weight excluding hydrogens is 258 g/mol. The number of nitrogens with zero attached hydrogens (tertiary/aromatic N) is 1. The highest BCUT2D eigenvalue weighted by Crippen LogP contribution is 2.26. The topological polar surface area (TPSA) is 3.24 Å². The summed E-state index contributed by atoms with van der Waals surface area (Å²) in [6.07, 6.45) is 2.73. The lowest BCUT2D eigenvalue weighted by atomic mass is 9.99. The molecule has 0 atom stereocenters. The van der Waals surface area contributed by atoms with E-state index in [0.29, 0.717) is 0 Å². The molecule has 1 aromatic rings. The van der Waals surface area contributed by atoms with Crippen molar-refractivity contribution < 1.29 is 0 Å². The minimum atomic E-state index is 0.929. The second-order valence-corrected chi connectivity index (χ2v) is 6.01. The number of rotatable bonds is 2. The van der Waals surface area contributed by atoms with Crippen molar-refractivity contribution in [2.45, 2.75) is 26.3 Å². The summed E-state index contributed by atoms with van der Waals surface area (Å²) in [5.41, 5.74) is 0. The van der Waals surface area contributed by atoms with Gasteiger partial charge in [-0.25, -0.2) is 0 Å². The summed E-state index contributed by atoms with van der Waals surface area (Å²) in [5.74, 6) is 0.929. The summed E-state index contributed by atoms with van der Waals surface area (Å²) in [6, 6.07) is 2.15. The summed E-state index contributed by atoms with van der Waals surface area (Å²) in [5, 5.41) is 2.16. The molecule has 14 heavy (non-hydrogen) atoms. The van der Waals surface area contributed by atoms with Gasteiger partial charge in [-0.15, -0.1) is 11.3 Å². The normalized spacial score (nSPS) is 20.1. The van der Waals surface area contributed by atoms with Crippen molar-refractivity contribution in [3.63, 3.8) is 0 Å². The molecule has 0 unspecified atom stereocenters. The predicted octanol–water partition coefficient (Wildman–Crippen LogP) is 3.74. The monoisotopic (exact) mass is 273 g/mol. The molecule has 1 saturated heterocycles.